The van der Waals surface area contributed by atoms with Gasteiger partial charge >= 0.3 is 5.97 Å². The zero-order valence-electron chi connectivity index (χ0n) is 20.6. The van der Waals surface area contributed by atoms with E-state index in [-0.39, 0.29) is 34.5 Å². The van der Waals surface area contributed by atoms with Gasteiger partial charge in [0.25, 0.3) is 0 Å². The van der Waals surface area contributed by atoms with E-state index in [4.69, 9.17) is 28.1 Å². The average molecular weight is 504 g/mol. The molecule has 9 heteroatoms. The highest BCUT2D eigenvalue weighted by Crippen LogP contribution is 2.48. The Morgan fingerprint density at radius 3 is 2.16 bits per heavy atom. The number of benzene rings is 3. The summed E-state index contributed by atoms with van der Waals surface area (Å²) in [5, 5.41) is 10.8. The third-order valence-electron chi connectivity index (χ3n) is 6.46. The zero-order chi connectivity index (χ0) is 26.3. The molecule has 0 saturated carbocycles. The van der Waals surface area contributed by atoms with Crippen molar-refractivity contribution in [3.05, 3.63) is 70.1 Å². The summed E-state index contributed by atoms with van der Waals surface area (Å²) in [7, 11) is 6.05. The number of phenolic OH excluding ortho intramolecular Hbond substituents is 1. The molecule has 0 saturated heterocycles. The normalized spacial score (nSPS) is 14.6. The molecule has 1 aromatic heterocycles. The van der Waals surface area contributed by atoms with E-state index in [0.29, 0.717) is 39.7 Å². The van der Waals surface area contributed by atoms with Crippen LogP contribution in [0, 0.1) is 0 Å². The maximum atomic E-state index is 13.6. The molecule has 0 bridgehead atoms. The van der Waals surface area contributed by atoms with Gasteiger partial charge in [-0.15, -0.1) is 0 Å². The molecule has 0 unspecified atom stereocenters. The molecule has 4 aromatic rings. The maximum absolute atomic E-state index is 13.6. The van der Waals surface area contributed by atoms with Crippen molar-refractivity contribution in [2.75, 3.05) is 28.4 Å². The quantitative estimate of drug-likeness (QED) is 0.296. The fraction of sp³-hybridized carbons (Fsp3) is 0.214. The molecular formula is C28H24O9. The Hall–Kier alpha value is -4.66. The largest absolute Gasteiger partial charge is 0.507 e. The predicted molar refractivity (Wildman–Crippen MR) is 134 cm³/mol. The van der Waals surface area contributed by atoms with E-state index in [1.165, 1.54) is 33.7 Å². The van der Waals surface area contributed by atoms with Crippen molar-refractivity contribution in [3.63, 3.8) is 0 Å². The molecule has 5 rings (SSSR count). The summed E-state index contributed by atoms with van der Waals surface area (Å²) >= 11 is 0. The number of ether oxygens (including phenoxy) is 5. The first-order valence-electron chi connectivity index (χ1n) is 11.4. The first-order chi connectivity index (χ1) is 17.9. The number of carbonyl (C=O) groups is 1. The van der Waals surface area contributed by atoms with Crippen molar-refractivity contribution < 1.29 is 38.0 Å². The molecule has 9 nitrogen and oxygen atoms in total. The fourth-order valence-corrected chi connectivity index (χ4v) is 4.69. The Morgan fingerprint density at radius 1 is 0.892 bits per heavy atom. The number of methoxy groups -OCH3 is 4. The Bertz CT molecular complexity index is 1540. The van der Waals surface area contributed by atoms with Crippen LogP contribution in [0.2, 0.25) is 0 Å². The van der Waals surface area contributed by atoms with Gasteiger partial charge in [0.15, 0.2) is 11.5 Å². The van der Waals surface area contributed by atoms with Crippen LogP contribution < -0.4 is 29.1 Å². The van der Waals surface area contributed by atoms with Gasteiger partial charge in [0.2, 0.25) is 11.2 Å². The lowest BCUT2D eigenvalue weighted by Crippen LogP contribution is -2.22. The average Bonchev–Trinajstić information content (AvgIpc) is 2.91. The fourth-order valence-electron chi connectivity index (χ4n) is 4.69. The van der Waals surface area contributed by atoms with Crippen LogP contribution in [0.5, 0.6) is 34.5 Å². The van der Waals surface area contributed by atoms with Crippen molar-refractivity contribution in [1.82, 2.24) is 0 Å². The number of carbonyl (C=O) groups excluding carboxylic acids is 1. The molecule has 1 aliphatic heterocycles. The number of fused-ring (bicyclic) bond motifs is 3. The van der Waals surface area contributed by atoms with Gasteiger partial charge in [0, 0.05) is 17.5 Å². The zero-order valence-corrected chi connectivity index (χ0v) is 20.6. The SMILES string of the molecule is COc1ccc(-c2coc3c4c(cc(O)c3c2=O)OC(=O)C[C@H]4c2cc(OC)c(OC)c(OC)c2)cc1. The van der Waals surface area contributed by atoms with Gasteiger partial charge in [0.05, 0.1) is 40.4 Å². The van der Waals surface area contributed by atoms with Crippen molar-refractivity contribution in [2.24, 2.45) is 0 Å². The number of hydrogen-bond donors (Lipinski definition) is 1. The van der Waals surface area contributed by atoms with Gasteiger partial charge in [0.1, 0.15) is 34.5 Å². The molecule has 190 valence electrons. The predicted octanol–water partition coefficient (Wildman–Crippen LogP) is 4.64. The van der Waals surface area contributed by atoms with Crippen LogP contribution in [-0.4, -0.2) is 39.5 Å². The van der Waals surface area contributed by atoms with Crippen LogP contribution >= 0.6 is 0 Å². The summed E-state index contributed by atoms with van der Waals surface area (Å²) in [5.41, 5.74) is 1.68. The number of phenols is 1. The van der Waals surface area contributed by atoms with Crippen LogP contribution in [0.4, 0.5) is 0 Å². The molecule has 1 aliphatic rings. The molecule has 1 atom stereocenters. The third-order valence-corrected chi connectivity index (χ3v) is 6.46. The molecule has 1 N–H and O–H groups in total. The second-order valence-electron chi connectivity index (χ2n) is 8.41. The lowest BCUT2D eigenvalue weighted by Gasteiger charge is -2.27. The maximum Gasteiger partial charge on any atom is 0.312 e. The number of esters is 1. The Kier molecular flexibility index (Phi) is 6.12. The van der Waals surface area contributed by atoms with Gasteiger partial charge in [-0.05, 0) is 35.4 Å². The first-order valence-corrected chi connectivity index (χ1v) is 11.4. The topological polar surface area (TPSA) is 114 Å². The molecular weight excluding hydrogens is 480 g/mol. The van der Waals surface area contributed by atoms with E-state index in [9.17, 15) is 14.7 Å². The van der Waals surface area contributed by atoms with E-state index in [1.807, 2.05) is 0 Å². The molecule has 2 heterocycles. The minimum absolute atomic E-state index is 0.0116. The first kappa shape index (κ1) is 24.1. The van der Waals surface area contributed by atoms with Crippen LogP contribution in [0.25, 0.3) is 22.1 Å². The summed E-state index contributed by atoms with van der Waals surface area (Å²) in [6.45, 7) is 0. The summed E-state index contributed by atoms with van der Waals surface area (Å²) < 4.78 is 33.0. The lowest BCUT2D eigenvalue weighted by molar-refractivity contribution is -0.135. The Labute approximate surface area is 211 Å². The molecule has 37 heavy (non-hydrogen) atoms. The van der Waals surface area contributed by atoms with Gasteiger partial charge < -0.3 is 33.2 Å². The Balaban J connectivity index is 1.74. The van der Waals surface area contributed by atoms with E-state index in [2.05, 4.69) is 0 Å². The van der Waals surface area contributed by atoms with E-state index in [0.717, 1.165) is 0 Å². The van der Waals surface area contributed by atoms with Crippen LogP contribution in [0.15, 0.2) is 57.9 Å². The summed E-state index contributed by atoms with van der Waals surface area (Å²) in [6.07, 6.45) is 1.31. The molecule has 3 aromatic carbocycles. The standard InChI is InChI=1S/C28H24O9/c1-32-16-7-5-14(6-8-16)18-13-36-28-24-17(15-9-21(33-2)27(35-4)22(10-15)34-3)11-23(30)37-20(24)12-19(29)25(28)26(18)31/h5-10,12-13,17,29H,11H2,1-4H3/t17-/m0/s1. The van der Waals surface area contributed by atoms with Crippen LogP contribution in [-0.2, 0) is 4.79 Å². The summed E-state index contributed by atoms with van der Waals surface area (Å²) in [6, 6.07) is 11.7. The molecule has 0 fully saturated rings. The monoisotopic (exact) mass is 504 g/mol. The van der Waals surface area contributed by atoms with Crippen LogP contribution in [0.3, 0.4) is 0 Å². The number of rotatable bonds is 6. The van der Waals surface area contributed by atoms with Gasteiger partial charge in [-0.1, -0.05) is 12.1 Å². The molecule has 0 amide bonds. The van der Waals surface area contributed by atoms with Crippen LogP contribution in [0.1, 0.15) is 23.5 Å². The highest BCUT2D eigenvalue weighted by atomic mass is 16.5. The summed E-state index contributed by atoms with van der Waals surface area (Å²) in [4.78, 5) is 26.1. The Morgan fingerprint density at radius 2 is 1.57 bits per heavy atom. The van der Waals surface area contributed by atoms with Gasteiger partial charge in [-0.25, -0.2) is 0 Å². The minimum Gasteiger partial charge on any atom is -0.507 e. The second kappa shape index (κ2) is 9.42. The number of aromatic hydroxyl groups is 1. The summed E-state index contributed by atoms with van der Waals surface area (Å²) in [5.74, 6) is 0.536. The van der Waals surface area contributed by atoms with E-state index < -0.39 is 17.3 Å². The number of hydrogen-bond acceptors (Lipinski definition) is 9. The van der Waals surface area contributed by atoms with Crippen molar-refractivity contribution in [2.45, 2.75) is 12.3 Å². The highest BCUT2D eigenvalue weighted by Gasteiger charge is 2.34. The van der Waals surface area contributed by atoms with E-state index >= 15 is 0 Å². The van der Waals surface area contributed by atoms with E-state index in [1.54, 1.807) is 43.5 Å². The van der Waals surface area contributed by atoms with Crippen molar-refractivity contribution >= 4 is 16.9 Å². The third kappa shape index (κ3) is 3.98. The molecule has 0 radical (unpaired) electrons. The second-order valence-corrected chi connectivity index (χ2v) is 8.41. The van der Waals surface area contributed by atoms with Gasteiger partial charge in [-0.3, -0.25) is 9.59 Å². The smallest absolute Gasteiger partial charge is 0.312 e. The molecule has 0 aliphatic carbocycles. The lowest BCUT2D eigenvalue weighted by atomic mass is 9.84. The minimum atomic E-state index is -0.581. The van der Waals surface area contributed by atoms with Crippen molar-refractivity contribution in [1.29, 1.82) is 0 Å². The molecule has 0 spiro atoms. The highest BCUT2D eigenvalue weighted by molar-refractivity contribution is 5.94. The van der Waals surface area contributed by atoms with Gasteiger partial charge in [-0.2, -0.15) is 0 Å². The van der Waals surface area contributed by atoms with Crippen molar-refractivity contribution in [3.8, 4) is 45.6 Å².